The number of halogens is 1. The number of carbonyl (C=O) groups excluding carboxylic acids is 1. The van der Waals surface area contributed by atoms with Gasteiger partial charge in [-0.2, -0.15) is 0 Å². The Morgan fingerprint density at radius 3 is 2.81 bits per heavy atom. The molecular formula is C11H16ClN3O. The lowest BCUT2D eigenvalue weighted by Gasteiger charge is -2.23. The zero-order valence-corrected chi connectivity index (χ0v) is 10.4. The average molecular weight is 242 g/mol. The van der Waals surface area contributed by atoms with Crippen molar-refractivity contribution in [2.45, 2.75) is 13.8 Å². The van der Waals surface area contributed by atoms with E-state index in [2.05, 4.69) is 15.6 Å². The van der Waals surface area contributed by atoms with E-state index in [0.717, 1.165) is 5.69 Å². The molecule has 0 radical (unpaired) electrons. The van der Waals surface area contributed by atoms with Gasteiger partial charge >= 0.3 is 0 Å². The van der Waals surface area contributed by atoms with Crippen molar-refractivity contribution in [2.24, 2.45) is 5.41 Å². The summed E-state index contributed by atoms with van der Waals surface area (Å²) in [5.74, 6) is 0.000142. The van der Waals surface area contributed by atoms with Gasteiger partial charge in [-0.3, -0.25) is 4.79 Å². The maximum absolute atomic E-state index is 11.5. The summed E-state index contributed by atoms with van der Waals surface area (Å²) >= 11 is 5.75. The summed E-state index contributed by atoms with van der Waals surface area (Å²) in [7, 11) is 1.63. The molecule has 0 spiro atoms. The van der Waals surface area contributed by atoms with E-state index in [1.54, 1.807) is 19.3 Å². The van der Waals surface area contributed by atoms with E-state index in [1.165, 1.54) is 0 Å². The molecule has 0 unspecified atom stereocenters. The van der Waals surface area contributed by atoms with E-state index in [0.29, 0.717) is 11.7 Å². The van der Waals surface area contributed by atoms with Crippen molar-refractivity contribution >= 4 is 23.2 Å². The lowest BCUT2D eigenvalue weighted by atomic mass is 9.92. The molecule has 0 aliphatic rings. The molecule has 1 rings (SSSR count). The number of anilines is 1. The Morgan fingerprint density at radius 2 is 2.25 bits per heavy atom. The average Bonchev–Trinajstić information content (AvgIpc) is 2.25. The van der Waals surface area contributed by atoms with Crippen LogP contribution in [0.5, 0.6) is 0 Å². The van der Waals surface area contributed by atoms with Gasteiger partial charge in [-0.1, -0.05) is 11.6 Å². The van der Waals surface area contributed by atoms with E-state index in [4.69, 9.17) is 11.6 Å². The smallest absolute Gasteiger partial charge is 0.227 e. The van der Waals surface area contributed by atoms with Crippen molar-refractivity contribution in [3.05, 3.63) is 23.5 Å². The van der Waals surface area contributed by atoms with Gasteiger partial charge in [0, 0.05) is 25.5 Å². The van der Waals surface area contributed by atoms with E-state index < -0.39 is 5.41 Å². The molecule has 5 heteroatoms. The van der Waals surface area contributed by atoms with Crippen LogP contribution in [0.25, 0.3) is 0 Å². The van der Waals surface area contributed by atoms with Crippen molar-refractivity contribution in [3.63, 3.8) is 0 Å². The Kier molecular flexibility index (Phi) is 4.12. The molecule has 16 heavy (non-hydrogen) atoms. The Balaban J connectivity index is 2.61. The lowest BCUT2D eigenvalue weighted by molar-refractivity contribution is -0.128. The molecule has 88 valence electrons. The van der Waals surface area contributed by atoms with Crippen molar-refractivity contribution in [3.8, 4) is 0 Å². The predicted molar refractivity (Wildman–Crippen MR) is 65.6 cm³/mol. The fourth-order valence-electron chi connectivity index (χ4n) is 1.25. The van der Waals surface area contributed by atoms with E-state index >= 15 is 0 Å². The molecule has 0 aliphatic heterocycles. The summed E-state index contributed by atoms with van der Waals surface area (Å²) < 4.78 is 0. The van der Waals surface area contributed by atoms with Crippen LogP contribution in [0.2, 0.25) is 5.15 Å². The number of pyridine rings is 1. The predicted octanol–water partition coefficient (Wildman–Crippen LogP) is 1.92. The van der Waals surface area contributed by atoms with Crippen LogP contribution in [0.15, 0.2) is 18.3 Å². The van der Waals surface area contributed by atoms with Gasteiger partial charge in [0.15, 0.2) is 0 Å². The van der Waals surface area contributed by atoms with Gasteiger partial charge in [0.2, 0.25) is 5.91 Å². The minimum atomic E-state index is -0.468. The van der Waals surface area contributed by atoms with Gasteiger partial charge in [0.05, 0.1) is 5.41 Å². The summed E-state index contributed by atoms with van der Waals surface area (Å²) in [5.41, 5.74) is 0.391. The summed E-state index contributed by atoms with van der Waals surface area (Å²) in [6.45, 7) is 4.29. The molecule has 0 aromatic carbocycles. The molecule has 0 bridgehead atoms. The molecule has 1 amide bonds. The third-order valence-electron chi connectivity index (χ3n) is 2.30. The zero-order valence-electron chi connectivity index (χ0n) is 9.67. The highest BCUT2D eigenvalue weighted by Gasteiger charge is 2.26. The second kappa shape index (κ2) is 5.16. The van der Waals surface area contributed by atoms with Crippen LogP contribution in [0.3, 0.4) is 0 Å². The third-order valence-corrected chi connectivity index (χ3v) is 2.51. The summed E-state index contributed by atoms with van der Waals surface area (Å²) in [5, 5.41) is 6.22. The molecule has 2 N–H and O–H groups in total. The summed E-state index contributed by atoms with van der Waals surface area (Å²) in [6.07, 6.45) is 1.62. The van der Waals surface area contributed by atoms with Crippen LogP contribution < -0.4 is 10.6 Å². The van der Waals surface area contributed by atoms with Crippen LogP contribution in [0, 0.1) is 5.41 Å². The Hall–Kier alpha value is -1.29. The quantitative estimate of drug-likeness (QED) is 0.792. The second-order valence-corrected chi connectivity index (χ2v) is 4.57. The zero-order chi connectivity index (χ0) is 12.2. The first-order chi connectivity index (χ1) is 7.45. The Bertz CT molecular complexity index is 379. The van der Waals surface area contributed by atoms with Crippen molar-refractivity contribution in [1.82, 2.24) is 10.3 Å². The first-order valence-corrected chi connectivity index (χ1v) is 5.41. The van der Waals surface area contributed by atoms with Gasteiger partial charge in [-0.05, 0) is 26.0 Å². The highest BCUT2D eigenvalue weighted by molar-refractivity contribution is 6.29. The van der Waals surface area contributed by atoms with Gasteiger partial charge < -0.3 is 10.6 Å². The molecular weight excluding hydrogens is 226 g/mol. The van der Waals surface area contributed by atoms with E-state index in [-0.39, 0.29) is 5.91 Å². The highest BCUT2D eigenvalue weighted by atomic mass is 35.5. The lowest BCUT2D eigenvalue weighted by Crippen LogP contribution is -2.39. The maximum Gasteiger partial charge on any atom is 0.227 e. The van der Waals surface area contributed by atoms with Crippen molar-refractivity contribution in [2.75, 3.05) is 18.9 Å². The normalized spacial score (nSPS) is 11.0. The largest absolute Gasteiger partial charge is 0.384 e. The number of hydrogen-bond donors (Lipinski definition) is 2. The molecule has 0 fully saturated rings. The number of rotatable bonds is 4. The second-order valence-electron chi connectivity index (χ2n) is 4.18. The number of hydrogen-bond acceptors (Lipinski definition) is 3. The molecule has 0 saturated carbocycles. The van der Waals surface area contributed by atoms with E-state index in [1.807, 2.05) is 19.9 Å². The fraction of sp³-hybridized carbons (Fsp3) is 0.455. The first-order valence-electron chi connectivity index (χ1n) is 5.03. The minimum Gasteiger partial charge on any atom is -0.384 e. The number of carbonyl (C=O) groups is 1. The molecule has 1 aromatic heterocycles. The van der Waals surface area contributed by atoms with E-state index in [9.17, 15) is 4.79 Å². The van der Waals surface area contributed by atoms with Gasteiger partial charge in [0.1, 0.15) is 5.15 Å². The summed E-state index contributed by atoms with van der Waals surface area (Å²) in [6, 6.07) is 3.54. The topological polar surface area (TPSA) is 54.0 Å². The Labute approximate surface area is 100 Å². The molecule has 0 aliphatic carbocycles. The van der Waals surface area contributed by atoms with Gasteiger partial charge in [0.25, 0.3) is 0 Å². The molecule has 0 saturated heterocycles. The fourth-order valence-corrected chi connectivity index (χ4v) is 1.43. The highest BCUT2D eigenvalue weighted by Crippen LogP contribution is 2.18. The SMILES string of the molecule is CNC(=O)C(C)(C)CNc1ccnc(Cl)c1. The maximum atomic E-state index is 11.5. The summed E-state index contributed by atoms with van der Waals surface area (Å²) in [4.78, 5) is 15.4. The molecule has 1 aromatic rings. The number of nitrogens with zero attached hydrogens (tertiary/aromatic N) is 1. The number of nitrogens with one attached hydrogen (secondary N) is 2. The van der Waals surface area contributed by atoms with Crippen LogP contribution in [0.4, 0.5) is 5.69 Å². The van der Waals surface area contributed by atoms with Crippen molar-refractivity contribution < 1.29 is 4.79 Å². The monoisotopic (exact) mass is 241 g/mol. The Morgan fingerprint density at radius 1 is 1.56 bits per heavy atom. The number of amides is 1. The van der Waals surface area contributed by atoms with Gasteiger partial charge in [-0.25, -0.2) is 4.98 Å². The molecule has 4 nitrogen and oxygen atoms in total. The van der Waals surface area contributed by atoms with Gasteiger partial charge in [-0.15, -0.1) is 0 Å². The van der Waals surface area contributed by atoms with Crippen LogP contribution in [-0.2, 0) is 4.79 Å². The molecule has 0 atom stereocenters. The number of aromatic nitrogens is 1. The van der Waals surface area contributed by atoms with Crippen LogP contribution >= 0.6 is 11.6 Å². The minimum absolute atomic E-state index is 0.000142. The van der Waals surface area contributed by atoms with Crippen LogP contribution in [-0.4, -0.2) is 24.5 Å². The van der Waals surface area contributed by atoms with Crippen molar-refractivity contribution in [1.29, 1.82) is 0 Å². The molecule has 1 heterocycles. The standard InChI is InChI=1S/C11H16ClN3O/c1-11(2,10(16)13-3)7-15-8-4-5-14-9(12)6-8/h4-6H,7H2,1-3H3,(H,13,16)(H,14,15). The van der Waals surface area contributed by atoms with Crippen LogP contribution in [0.1, 0.15) is 13.8 Å². The third kappa shape index (κ3) is 3.38. The first kappa shape index (κ1) is 12.8.